The van der Waals surface area contributed by atoms with Crippen molar-refractivity contribution in [3.05, 3.63) is 35.4 Å². The Labute approximate surface area is 229 Å². The number of hydrogen-bond donors (Lipinski definition) is 2. The average molecular weight is 554 g/mol. The summed E-state index contributed by atoms with van der Waals surface area (Å²) in [5.41, 5.74) is 1.22. The number of alkyl carbamates (subject to hydrolysis) is 1. The molecular formula is C28H47NO8Si. The number of ether oxygens (including phenoxy) is 2. The number of hydrogen-bond acceptors (Lipinski definition) is 7. The SMILES string of the molecule is CCCOc1ccc(/C=C(\CCCCCCOC(=O)NCCC[Si](OCC)(OCC)OCC)C(=O)O)cc1. The number of unbranched alkanes of at least 4 members (excludes halogenated alkanes) is 3. The molecule has 0 aliphatic rings. The summed E-state index contributed by atoms with van der Waals surface area (Å²) in [5, 5.41) is 12.3. The number of rotatable bonds is 22. The third-order valence-corrected chi connectivity index (χ3v) is 8.72. The minimum atomic E-state index is -2.69. The predicted octanol–water partition coefficient (Wildman–Crippen LogP) is 6.06. The second kappa shape index (κ2) is 20.5. The van der Waals surface area contributed by atoms with E-state index in [1.54, 1.807) is 6.08 Å². The lowest BCUT2D eigenvalue weighted by Crippen LogP contribution is -2.46. The summed E-state index contributed by atoms with van der Waals surface area (Å²) in [4.78, 5) is 23.6. The van der Waals surface area contributed by atoms with E-state index in [-0.39, 0.29) is 0 Å². The third-order valence-electron chi connectivity index (χ3n) is 5.56. The molecule has 0 radical (unpaired) electrons. The van der Waals surface area contributed by atoms with E-state index in [0.29, 0.717) is 64.0 Å². The number of benzene rings is 1. The zero-order valence-corrected chi connectivity index (χ0v) is 24.6. The van der Waals surface area contributed by atoms with Gasteiger partial charge in [0.25, 0.3) is 0 Å². The minimum Gasteiger partial charge on any atom is -0.494 e. The Morgan fingerprint density at radius 2 is 1.50 bits per heavy atom. The highest BCUT2D eigenvalue weighted by Gasteiger charge is 2.39. The Morgan fingerprint density at radius 3 is 2.08 bits per heavy atom. The number of carbonyl (C=O) groups is 2. The van der Waals surface area contributed by atoms with Crippen molar-refractivity contribution in [2.75, 3.05) is 39.6 Å². The first-order valence-electron chi connectivity index (χ1n) is 13.9. The molecule has 9 nitrogen and oxygen atoms in total. The second-order valence-electron chi connectivity index (χ2n) is 8.70. The van der Waals surface area contributed by atoms with Crippen LogP contribution in [0.2, 0.25) is 6.04 Å². The maximum Gasteiger partial charge on any atom is 0.500 e. The summed E-state index contributed by atoms with van der Waals surface area (Å²) >= 11 is 0. The summed E-state index contributed by atoms with van der Waals surface area (Å²) in [5.74, 6) is -0.120. The van der Waals surface area contributed by atoms with Crippen molar-refractivity contribution >= 4 is 26.9 Å². The molecular weight excluding hydrogens is 506 g/mol. The first kappa shape index (κ1) is 33.6. The Kier molecular flexibility index (Phi) is 18.2. The number of aliphatic carboxylic acids is 1. The fourth-order valence-electron chi connectivity index (χ4n) is 3.81. The van der Waals surface area contributed by atoms with Crippen LogP contribution >= 0.6 is 0 Å². The lowest BCUT2D eigenvalue weighted by molar-refractivity contribution is -0.132. The molecule has 0 bridgehead atoms. The highest BCUT2D eigenvalue weighted by Crippen LogP contribution is 2.19. The van der Waals surface area contributed by atoms with Gasteiger partial charge in [-0.1, -0.05) is 31.9 Å². The molecule has 0 aromatic heterocycles. The van der Waals surface area contributed by atoms with Gasteiger partial charge < -0.3 is 33.2 Å². The molecule has 0 atom stereocenters. The Morgan fingerprint density at radius 1 is 0.868 bits per heavy atom. The van der Waals surface area contributed by atoms with E-state index >= 15 is 0 Å². The van der Waals surface area contributed by atoms with Gasteiger partial charge in [-0.2, -0.15) is 0 Å². The summed E-state index contributed by atoms with van der Waals surface area (Å²) < 4.78 is 28.2. The number of carboxylic acid groups (broad SMARTS) is 1. The molecule has 0 saturated heterocycles. The molecule has 0 aliphatic carbocycles. The predicted molar refractivity (Wildman–Crippen MR) is 150 cm³/mol. The summed E-state index contributed by atoms with van der Waals surface area (Å²) in [6.45, 7) is 10.8. The summed E-state index contributed by atoms with van der Waals surface area (Å²) in [6.07, 6.45) is 6.57. The Balaban J connectivity index is 2.25. The van der Waals surface area contributed by atoms with Crippen LogP contribution in [-0.2, 0) is 22.8 Å². The largest absolute Gasteiger partial charge is 0.500 e. The van der Waals surface area contributed by atoms with Gasteiger partial charge in [-0.3, -0.25) is 0 Å². The van der Waals surface area contributed by atoms with Crippen molar-refractivity contribution in [2.24, 2.45) is 0 Å². The van der Waals surface area contributed by atoms with Crippen LogP contribution in [0.1, 0.15) is 78.2 Å². The smallest absolute Gasteiger partial charge is 0.494 e. The van der Waals surface area contributed by atoms with Gasteiger partial charge in [0.05, 0.1) is 13.2 Å². The lowest BCUT2D eigenvalue weighted by Gasteiger charge is -2.28. The molecule has 216 valence electrons. The van der Waals surface area contributed by atoms with E-state index in [9.17, 15) is 14.7 Å². The quantitative estimate of drug-likeness (QED) is 0.101. The van der Waals surface area contributed by atoms with Crippen LogP contribution in [0, 0.1) is 0 Å². The summed E-state index contributed by atoms with van der Waals surface area (Å²) in [6, 6.07) is 8.08. The number of carbonyl (C=O) groups excluding carboxylic acids is 1. The number of carboxylic acids is 1. The number of nitrogens with one attached hydrogen (secondary N) is 1. The monoisotopic (exact) mass is 553 g/mol. The van der Waals surface area contributed by atoms with Gasteiger partial charge in [0.2, 0.25) is 0 Å². The van der Waals surface area contributed by atoms with Gasteiger partial charge in [-0.25, -0.2) is 9.59 Å². The molecule has 0 unspecified atom stereocenters. The molecule has 0 aliphatic heterocycles. The van der Waals surface area contributed by atoms with Crippen LogP contribution in [0.5, 0.6) is 5.75 Å². The van der Waals surface area contributed by atoms with Crippen molar-refractivity contribution in [3.63, 3.8) is 0 Å². The summed E-state index contributed by atoms with van der Waals surface area (Å²) in [7, 11) is -2.69. The molecule has 1 amide bonds. The van der Waals surface area contributed by atoms with Crippen molar-refractivity contribution in [1.82, 2.24) is 5.32 Å². The van der Waals surface area contributed by atoms with Gasteiger partial charge in [0, 0.05) is 38.0 Å². The maximum atomic E-state index is 11.9. The van der Waals surface area contributed by atoms with Crippen LogP contribution in [0.3, 0.4) is 0 Å². The van der Waals surface area contributed by atoms with Crippen LogP contribution in [0.15, 0.2) is 29.8 Å². The zero-order valence-electron chi connectivity index (χ0n) is 23.6. The first-order chi connectivity index (χ1) is 18.4. The highest BCUT2D eigenvalue weighted by atomic mass is 28.4. The third kappa shape index (κ3) is 14.5. The van der Waals surface area contributed by atoms with E-state index in [1.807, 2.05) is 52.0 Å². The molecule has 1 aromatic rings. The van der Waals surface area contributed by atoms with Crippen molar-refractivity contribution in [2.45, 2.75) is 78.7 Å². The van der Waals surface area contributed by atoms with Crippen LogP contribution in [-0.4, -0.2) is 65.6 Å². The van der Waals surface area contributed by atoms with E-state index in [2.05, 4.69) is 5.32 Å². The second-order valence-corrected chi connectivity index (χ2v) is 11.4. The normalized spacial score (nSPS) is 11.8. The highest BCUT2D eigenvalue weighted by molar-refractivity contribution is 6.60. The Bertz CT molecular complexity index is 799. The molecule has 38 heavy (non-hydrogen) atoms. The van der Waals surface area contributed by atoms with E-state index < -0.39 is 20.9 Å². The molecule has 0 fully saturated rings. The van der Waals surface area contributed by atoms with E-state index in [1.165, 1.54) is 0 Å². The first-order valence-corrected chi connectivity index (χ1v) is 15.8. The zero-order chi connectivity index (χ0) is 28.1. The minimum absolute atomic E-state index is 0.329. The van der Waals surface area contributed by atoms with Gasteiger partial charge >= 0.3 is 20.9 Å². The van der Waals surface area contributed by atoms with Gasteiger partial charge in [0.1, 0.15) is 5.75 Å². The molecule has 0 spiro atoms. The Hall–Kier alpha value is -2.40. The van der Waals surface area contributed by atoms with Gasteiger partial charge in [-0.05, 0) is 76.6 Å². The van der Waals surface area contributed by atoms with Crippen molar-refractivity contribution in [1.29, 1.82) is 0 Å². The van der Waals surface area contributed by atoms with Crippen molar-refractivity contribution < 1.29 is 37.4 Å². The maximum absolute atomic E-state index is 11.9. The van der Waals surface area contributed by atoms with Gasteiger partial charge in [-0.15, -0.1) is 0 Å². The molecule has 0 saturated carbocycles. The fourth-order valence-corrected chi connectivity index (χ4v) is 6.42. The average Bonchev–Trinajstić information content (AvgIpc) is 2.89. The van der Waals surface area contributed by atoms with Crippen LogP contribution in [0.25, 0.3) is 6.08 Å². The molecule has 2 N–H and O–H groups in total. The molecule has 0 heterocycles. The van der Waals surface area contributed by atoms with E-state index in [0.717, 1.165) is 43.4 Å². The molecule has 10 heteroatoms. The fraction of sp³-hybridized carbons (Fsp3) is 0.643. The lowest BCUT2D eigenvalue weighted by atomic mass is 10.0. The van der Waals surface area contributed by atoms with Crippen molar-refractivity contribution in [3.8, 4) is 5.75 Å². The number of amides is 1. The standard InChI is InChI=1S/C28H47NO8Si/c1-5-20-33-26-17-15-24(16-18-26)23-25(27(30)31)14-11-9-10-12-21-34-28(32)29-19-13-22-38(35-6-2,36-7-3)37-8-4/h15-18,23H,5-14,19-22H2,1-4H3,(H,29,32)(H,30,31)/b25-23+. The van der Waals surface area contributed by atoms with Crippen LogP contribution < -0.4 is 10.1 Å². The topological polar surface area (TPSA) is 113 Å². The van der Waals surface area contributed by atoms with Gasteiger partial charge in [0.15, 0.2) is 0 Å². The van der Waals surface area contributed by atoms with E-state index in [4.69, 9.17) is 22.8 Å². The molecule has 1 rings (SSSR count). The molecule has 1 aromatic carbocycles. The van der Waals surface area contributed by atoms with Crippen LogP contribution in [0.4, 0.5) is 4.79 Å².